The third kappa shape index (κ3) is 3.67. The Morgan fingerprint density at radius 2 is 2.09 bits per heavy atom. The summed E-state index contributed by atoms with van der Waals surface area (Å²) in [6.07, 6.45) is -0.106. The van der Waals surface area contributed by atoms with E-state index in [9.17, 15) is 17.6 Å². The van der Waals surface area contributed by atoms with Crippen molar-refractivity contribution in [2.24, 2.45) is 0 Å². The van der Waals surface area contributed by atoms with Crippen molar-refractivity contribution in [1.82, 2.24) is 14.3 Å². The maximum Gasteiger partial charge on any atom is 0.303 e. The quantitative estimate of drug-likeness (QED) is 0.800. The SMILES string of the molecule is CN(C)S(=O)(=O)NC(=O)c1cc(Cl)c(OC2CNC2)cc1F. The minimum Gasteiger partial charge on any atom is -0.486 e. The van der Waals surface area contributed by atoms with Gasteiger partial charge in [0.15, 0.2) is 0 Å². The van der Waals surface area contributed by atoms with Gasteiger partial charge in [-0.2, -0.15) is 12.7 Å². The fraction of sp³-hybridized carbons (Fsp3) is 0.417. The monoisotopic (exact) mass is 351 g/mol. The van der Waals surface area contributed by atoms with E-state index in [0.29, 0.717) is 13.1 Å². The second kappa shape index (κ2) is 6.37. The fourth-order valence-electron chi connectivity index (χ4n) is 1.58. The highest BCUT2D eigenvalue weighted by molar-refractivity contribution is 7.87. The van der Waals surface area contributed by atoms with Crippen LogP contribution < -0.4 is 14.8 Å². The lowest BCUT2D eigenvalue weighted by molar-refractivity contribution is 0.0975. The Morgan fingerprint density at radius 3 is 2.59 bits per heavy atom. The van der Waals surface area contributed by atoms with Crippen LogP contribution in [0.25, 0.3) is 0 Å². The summed E-state index contributed by atoms with van der Waals surface area (Å²) in [6, 6.07) is 2.01. The van der Waals surface area contributed by atoms with Crippen LogP contribution in [0.1, 0.15) is 10.4 Å². The van der Waals surface area contributed by atoms with E-state index in [1.54, 1.807) is 4.72 Å². The first-order chi connectivity index (χ1) is 10.2. The molecule has 7 nitrogen and oxygen atoms in total. The summed E-state index contributed by atoms with van der Waals surface area (Å²) in [7, 11) is -1.54. The normalized spacial score (nSPS) is 15.5. The van der Waals surface area contributed by atoms with Crippen molar-refractivity contribution < 1.29 is 22.3 Å². The number of carbonyl (C=O) groups is 1. The minimum atomic E-state index is -4.01. The van der Waals surface area contributed by atoms with Crippen molar-refractivity contribution in [3.05, 3.63) is 28.5 Å². The van der Waals surface area contributed by atoms with Crippen LogP contribution >= 0.6 is 11.6 Å². The van der Waals surface area contributed by atoms with Crippen LogP contribution in [0.2, 0.25) is 5.02 Å². The predicted octanol–water partition coefficient (Wildman–Crippen LogP) is 0.366. The lowest BCUT2D eigenvalue weighted by Gasteiger charge is -2.28. The summed E-state index contributed by atoms with van der Waals surface area (Å²) >= 11 is 5.95. The average Bonchev–Trinajstić information content (AvgIpc) is 2.36. The molecule has 1 amide bonds. The first kappa shape index (κ1) is 16.9. The highest BCUT2D eigenvalue weighted by Crippen LogP contribution is 2.29. The van der Waals surface area contributed by atoms with Gasteiger partial charge in [-0.1, -0.05) is 11.6 Å². The van der Waals surface area contributed by atoms with E-state index in [1.165, 1.54) is 14.1 Å². The Morgan fingerprint density at radius 1 is 1.45 bits per heavy atom. The Balaban J connectivity index is 2.21. The van der Waals surface area contributed by atoms with Crippen molar-refractivity contribution in [3.63, 3.8) is 0 Å². The van der Waals surface area contributed by atoms with Crippen LogP contribution in [0.3, 0.4) is 0 Å². The van der Waals surface area contributed by atoms with Crippen molar-refractivity contribution >= 4 is 27.7 Å². The van der Waals surface area contributed by atoms with Crippen LogP contribution in [0.4, 0.5) is 4.39 Å². The van der Waals surface area contributed by atoms with Gasteiger partial charge in [-0.15, -0.1) is 0 Å². The molecule has 1 aliphatic heterocycles. The minimum absolute atomic E-state index is 0.0284. The van der Waals surface area contributed by atoms with E-state index >= 15 is 0 Å². The number of hydrogen-bond donors (Lipinski definition) is 2. The fourth-order valence-corrected chi connectivity index (χ4v) is 2.32. The number of amides is 1. The largest absolute Gasteiger partial charge is 0.486 e. The molecule has 2 rings (SSSR count). The summed E-state index contributed by atoms with van der Waals surface area (Å²) in [5, 5.41) is 3.01. The van der Waals surface area contributed by atoms with Crippen LogP contribution in [0.15, 0.2) is 12.1 Å². The van der Waals surface area contributed by atoms with Gasteiger partial charge >= 0.3 is 10.2 Å². The summed E-state index contributed by atoms with van der Waals surface area (Å²) in [5.74, 6) is -1.92. The van der Waals surface area contributed by atoms with Gasteiger partial charge in [0.1, 0.15) is 17.7 Å². The van der Waals surface area contributed by atoms with Crippen LogP contribution in [-0.4, -0.2) is 51.9 Å². The smallest absolute Gasteiger partial charge is 0.303 e. The Bertz CT molecular complexity index is 692. The van der Waals surface area contributed by atoms with Gasteiger partial charge in [0.2, 0.25) is 0 Å². The third-order valence-corrected chi connectivity index (χ3v) is 4.71. The molecule has 1 aromatic carbocycles. The first-order valence-electron chi connectivity index (χ1n) is 6.31. The van der Waals surface area contributed by atoms with E-state index in [4.69, 9.17) is 16.3 Å². The molecule has 0 saturated carbocycles. The lowest BCUT2D eigenvalue weighted by Crippen LogP contribution is -2.50. The number of ether oxygens (including phenoxy) is 1. The summed E-state index contributed by atoms with van der Waals surface area (Å²) in [6.45, 7) is 1.25. The molecule has 10 heteroatoms. The van der Waals surface area contributed by atoms with E-state index < -0.39 is 27.5 Å². The van der Waals surface area contributed by atoms with Crippen molar-refractivity contribution in [1.29, 1.82) is 0 Å². The molecular formula is C12H15ClFN3O4S. The number of rotatable bonds is 5. The first-order valence-corrected chi connectivity index (χ1v) is 8.13. The number of carbonyl (C=O) groups excluding carboxylic acids is 1. The molecule has 1 aliphatic rings. The van der Waals surface area contributed by atoms with Crippen LogP contribution in [0.5, 0.6) is 5.75 Å². The molecule has 1 fully saturated rings. The van der Waals surface area contributed by atoms with E-state index in [1.807, 2.05) is 0 Å². The number of halogens is 2. The molecule has 0 bridgehead atoms. The molecule has 0 spiro atoms. The van der Waals surface area contributed by atoms with Gasteiger partial charge in [0, 0.05) is 33.3 Å². The highest BCUT2D eigenvalue weighted by Gasteiger charge is 2.24. The highest BCUT2D eigenvalue weighted by atomic mass is 35.5. The summed E-state index contributed by atoms with van der Waals surface area (Å²) in [5.41, 5.74) is -0.477. The molecule has 2 N–H and O–H groups in total. The zero-order valence-corrected chi connectivity index (χ0v) is 13.5. The van der Waals surface area contributed by atoms with E-state index in [-0.39, 0.29) is 16.9 Å². The molecule has 0 aliphatic carbocycles. The zero-order valence-electron chi connectivity index (χ0n) is 11.9. The van der Waals surface area contributed by atoms with Gasteiger partial charge < -0.3 is 10.1 Å². The second-order valence-corrected chi connectivity index (χ2v) is 7.17. The topological polar surface area (TPSA) is 87.7 Å². The van der Waals surface area contributed by atoms with Crippen molar-refractivity contribution in [2.75, 3.05) is 27.2 Å². The Kier molecular flexibility index (Phi) is 4.90. The zero-order chi connectivity index (χ0) is 16.5. The van der Waals surface area contributed by atoms with E-state index in [0.717, 1.165) is 16.4 Å². The summed E-state index contributed by atoms with van der Waals surface area (Å²) in [4.78, 5) is 11.9. The van der Waals surface area contributed by atoms with E-state index in [2.05, 4.69) is 5.32 Å². The molecular weight excluding hydrogens is 337 g/mol. The van der Waals surface area contributed by atoms with Gasteiger partial charge in [0.05, 0.1) is 10.6 Å². The maximum atomic E-state index is 14.0. The van der Waals surface area contributed by atoms with Gasteiger partial charge in [0.25, 0.3) is 5.91 Å². The summed E-state index contributed by atoms with van der Waals surface area (Å²) < 4.78 is 45.1. The Hall–Kier alpha value is -1.42. The molecule has 122 valence electrons. The van der Waals surface area contributed by atoms with Gasteiger partial charge in [-0.25, -0.2) is 9.11 Å². The van der Waals surface area contributed by atoms with Gasteiger partial charge in [-0.05, 0) is 6.07 Å². The van der Waals surface area contributed by atoms with Crippen LogP contribution in [-0.2, 0) is 10.2 Å². The molecule has 0 radical (unpaired) electrons. The maximum absolute atomic E-state index is 14.0. The molecule has 1 aromatic rings. The van der Waals surface area contributed by atoms with Crippen molar-refractivity contribution in [3.8, 4) is 5.75 Å². The molecule has 0 aromatic heterocycles. The average molecular weight is 352 g/mol. The Labute approximate surface area is 132 Å². The predicted molar refractivity (Wildman–Crippen MR) is 78.8 cm³/mol. The number of benzene rings is 1. The molecule has 0 atom stereocenters. The lowest BCUT2D eigenvalue weighted by atomic mass is 10.2. The third-order valence-electron chi connectivity index (χ3n) is 3.01. The van der Waals surface area contributed by atoms with Crippen LogP contribution in [0, 0.1) is 5.82 Å². The molecule has 0 unspecified atom stereocenters. The number of hydrogen-bond acceptors (Lipinski definition) is 5. The standard InChI is InChI=1S/C12H15ClFN3O4S/c1-17(2)22(19,20)16-12(18)8-3-9(13)11(4-10(8)14)21-7-5-15-6-7/h3-4,7,15H,5-6H2,1-2H3,(H,16,18). The number of nitrogens with zero attached hydrogens (tertiary/aromatic N) is 1. The number of nitrogens with one attached hydrogen (secondary N) is 2. The van der Waals surface area contributed by atoms with Gasteiger partial charge in [-0.3, -0.25) is 4.79 Å². The molecule has 22 heavy (non-hydrogen) atoms. The molecule has 1 saturated heterocycles. The molecule has 1 heterocycles. The van der Waals surface area contributed by atoms with Crippen molar-refractivity contribution in [2.45, 2.75) is 6.10 Å². The second-order valence-electron chi connectivity index (χ2n) is 4.88.